The van der Waals surface area contributed by atoms with E-state index in [1.807, 2.05) is 27.7 Å². The molecule has 0 radical (unpaired) electrons. The van der Waals surface area contributed by atoms with Crippen molar-refractivity contribution >= 4 is 11.7 Å². The Bertz CT molecular complexity index is 363. The third-order valence-electron chi connectivity index (χ3n) is 4.42. The molecule has 1 aliphatic rings. The van der Waals surface area contributed by atoms with Crippen molar-refractivity contribution in [1.82, 2.24) is 0 Å². The van der Waals surface area contributed by atoms with Crippen LogP contribution in [0.4, 0.5) is 0 Å². The number of hydrogen-bond acceptors (Lipinski definition) is 4. The molecule has 1 rings (SSSR count). The predicted octanol–water partition coefficient (Wildman–Crippen LogP) is 4.27. The second-order valence-electron chi connectivity index (χ2n) is 7.70. The molecule has 1 saturated carbocycles. The Morgan fingerprint density at radius 1 is 0.923 bits per heavy atom. The minimum absolute atomic E-state index is 0.248. The maximum absolute atomic E-state index is 11.5. The fourth-order valence-electron chi connectivity index (χ4n) is 2.93. The average Bonchev–Trinajstić information content (AvgIpc) is 2.60. The molecule has 0 heterocycles. The van der Waals surface area contributed by atoms with Crippen LogP contribution in [0.3, 0.4) is 0 Å². The third kappa shape index (κ3) is 15.3. The predicted molar refractivity (Wildman–Crippen MR) is 106 cm³/mol. The van der Waals surface area contributed by atoms with E-state index >= 15 is 0 Å². The lowest BCUT2D eigenvalue weighted by molar-refractivity contribution is -0.126. The summed E-state index contributed by atoms with van der Waals surface area (Å²) in [6.45, 7) is 10.2. The minimum atomic E-state index is -0.260. The van der Waals surface area contributed by atoms with Crippen LogP contribution >= 0.6 is 0 Å². The van der Waals surface area contributed by atoms with Gasteiger partial charge in [-0.15, -0.1) is 0 Å². The van der Waals surface area contributed by atoms with Crippen LogP contribution in [0.1, 0.15) is 85.5 Å². The number of hydrogen-bond donors (Lipinski definition) is 1. The third-order valence-corrected chi connectivity index (χ3v) is 4.42. The van der Waals surface area contributed by atoms with Gasteiger partial charge < -0.3 is 15.2 Å². The monoisotopic (exact) mass is 371 g/mol. The second kappa shape index (κ2) is 16.2. The van der Waals surface area contributed by atoms with Gasteiger partial charge >= 0.3 is 0 Å². The van der Waals surface area contributed by atoms with Crippen LogP contribution in [0, 0.1) is 11.8 Å². The fraction of sp³-hybridized carbons (Fsp3) is 0.905. The largest absolute Gasteiger partial charge is 0.381 e. The van der Waals surface area contributed by atoms with E-state index in [2.05, 4.69) is 0 Å². The van der Waals surface area contributed by atoms with Crippen LogP contribution in [0.5, 0.6) is 0 Å². The van der Waals surface area contributed by atoms with Gasteiger partial charge in [0.1, 0.15) is 5.78 Å². The SMILES string of the molecule is CC(C)C(=O)C1CCCCC1.CC(C)OCCCCOCCCC(N)=O. The van der Waals surface area contributed by atoms with Gasteiger partial charge in [0.2, 0.25) is 5.91 Å². The Labute approximate surface area is 160 Å². The van der Waals surface area contributed by atoms with Gasteiger partial charge in [-0.2, -0.15) is 0 Å². The van der Waals surface area contributed by atoms with Gasteiger partial charge in [0.25, 0.3) is 0 Å². The maximum atomic E-state index is 11.5. The van der Waals surface area contributed by atoms with Gasteiger partial charge in [-0.3, -0.25) is 9.59 Å². The molecular weight excluding hydrogens is 330 g/mol. The van der Waals surface area contributed by atoms with E-state index in [9.17, 15) is 9.59 Å². The molecule has 0 unspecified atom stereocenters. The molecule has 0 saturated heterocycles. The Kier molecular flexibility index (Phi) is 15.7. The van der Waals surface area contributed by atoms with Gasteiger partial charge in [-0.25, -0.2) is 0 Å². The molecule has 26 heavy (non-hydrogen) atoms. The van der Waals surface area contributed by atoms with Crippen molar-refractivity contribution < 1.29 is 19.1 Å². The Morgan fingerprint density at radius 3 is 2.04 bits per heavy atom. The lowest BCUT2D eigenvalue weighted by atomic mass is 9.83. The molecular formula is C21H41NO4. The minimum Gasteiger partial charge on any atom is -0.381 e. The number of carbonyl (C=O) groups excluding carboxylic acids is 2. The van der Waals surface area contributed by atoms with E-state index in [1.165, 1.54) is 19.3 Å². The first-order valence-corrected chi connectivity index (χ1v) is 10.4. The number of Topliss-reactive ketones (excluding diaryl/α,β-unsaturated/α-hetero) is 1. The number of amides is 1. The summed E-state index contributed by atoms with van der Waals surface area (Å²) in [6, 6.07) is 0. The van der Waals surface area contributed by atoms with Crippen molar-refractivity contribution in [3.63, 3.8) is 0 Å². The molecule has 0 aromatic rings. The lowest BCUT2D eigenvalue weighted by Crippen LogP contribution is -2.21. The van der Waals surface area contributed by atoms with Crippen molar-refractivity contribution in [3.8, 4) is 0 Å². The molecule has 0 bridgehead atoms. The standard InChI is InChI=1S/C11H23NO3.C10H18O/c1-10(2)15-9-4-3-7-14-8-5-6-11(12)13;1-8(2)10(11)9-6-4-3-5-7-9/h10H,3-9H2,1-2H3,(H2,12,13);8-9H,3-7H2,1-2H3. The lowest BCUT2D eigenvalue weighted by Gasteiger charge is -2.21. The summed E-state index contributed by atoms with van der Waals surface area (Å²) in [7, 11) is 0. The van der Waals surface area contributed by atoms with Crippen LogP contribution in [-0.4, -0.2) is 37.6 Å². The summed E-state index contributed by atoms with van der Waals surface area (Å²) in [5.41, 5.74) is 4.99. The van der Waals surface area contributed by atoms with Crippen molar-refractivity contribution in [1.29, 1.82) is 0 Å². The summed E-state index contributed by atoms with van der Waals surface area (Å²) in [5, 5.41) is 0. The molecule has 2 N–H and O–H groups in total. The number of carbonyl (C=O) groups is 2. The number of nitrogens with two attached hydrogens (primary N) is 1. The Hall–Kier alpha value is -0.940. The number of unbranched alkanes of at least 4 members (excludes halogenated alkanes) is 1. The molecule has 0 aliphatic heterocycles. The number of ether oxygens (including phenoxy) is 2. The molecule has 1 aliphatic carbocycles. The topological polar surface area (TPSA) is 78.6 Å². The van der Waals surface area contributed by atoms with Gasteiger partial charge in [0, 0.05) is 38.1 Å². The molecule has 1 fully saturated rings. The van der Waals surface area contributed by atoms with E-state index < -0.39 is 0 Å². The zero-order valence-corrected chi connectivity index (χ0v) is 17.4. The molecule has 5 heteroatoms. The van der Waals surface area contributed by atoms with Crippen LogP contribution < -0.4 is 5.73 Å². The highest BCUT2D eigenvalue weighted by Crippen LogP contribution is 2.26. The quantitative estimate of drug-likeness (QED) is 0.520. The van der Waals surface area contributed by atoms with Crippen LogP contribution in [-0.2, 0) is 19.1 Å². The maximum Gasteiger partial charge on any atom is 0.217 e. The van der Waals surface area contributed by atoms with E-state index in [0.717, 1.165) is 45.3 Å². The molecule has 0 aromatic heterocycles. The first kappa shape index (κ1) is 25.1. The fourth-order valence-corrected chi connectivity index (χ4v) is 2.93. The zero-order chi connectivity index (χ0) is 19.8. The van der Waals surface area contributed by atoms with Gasteiger partial charge in [-0.05, 0) is 46.0 Å². The number of rotatable bonds is 12. The van der Waals surface area contributed by atoms with E-state index in [-0.39, 0.29) is 11.8 Å². The smallest absolute Gasteiger partial charge is 0.217 e. The number of ketones is 1. The molecule has 1 amide bonds. The van der Waals surface area contributed by atoms with Crippen molar-refractivity contribution in [2.75, 3.05) is 19.8 Å². The average molecular weight is 372 g/mol. The summed E-state index contributed by atoms with van der Waals surface area (Å²) < 4.78 is 10.7. The summed E-state index contributed by atoms with van der Waals surface area (Å²) in [5.74, 6) is 0.885. The first-order valence-electron chi connectivity index (χ1n) is 10.4. The van der Waals surface area contributed by atoms with Crippen molar-refractivity contribution in [3.05, 3.63) is 0 Å². The number of primary amides is 1. The highest BCUT2D eigenvalue weighted by molar-refractivity contribution is 5.82. The molecule has 0 atom stereocenters. The zero-order valence-electron chi connectivity index (χ0n) is 17.4. The van der Waals surface area contributed by atoms with Crippen LogP contribution in [0.25, 0.3) is 0 Å². The highest BCUT2D eigenvalue weighted by atomic mass is 16.5. The van der Waals surface area contributed by atoms with E-state index in [4.69, 9.17) is 15.2 Å². The van der Waals surface area contributed by atoms with Gasteiger partial charge in [0.05, 0.1) is 6.10 Å². The first-order chi connectivity index (χ1) is 12.3. The molecule has 0 spiro atoms. The molecule has 0 aromatic carbocycles. The van der Waals surface area contributed by atoms with Gasteiger partial charge in [0.15, 0.2) is 0 Å². The van der Waals surface area contributed by atoms with Crippen LogP contribution in [0.15, 0.2) is 0 Å². The Morgan fingerprint density at radius 2 is 1.50 bits per heavy atom. The van der Waals surface area contributed by atoms with Gasteiger partial charge in [-0.1, -0.05) is 33.1 Å². The second-order valence-corrected chi connectivity index (χ2v) is 7.70. The van der Waals surface area contributed by atoms with E-state index in [1.54, 1.807) is 0 Å². The van der Waals surface area contributed by atoms with Crippen molar-refractivity contribution in [2.45, 2.75) is 91.6 Å². The van der Waals surface area contributed by atoms with Crippen LogP contribution in [0.2, 0.25) is 0 Å². The van der Waals surface area contributed by atoms with Crippen molar-refractivity contribution in [2.24, 2.45) is 17.6 Å². The summed E-state index contributed by atoms with van der Waals surface area (Å²) >= 11 is 0. The highest BCUT2D eigenvalue weighted by Gasteiger charge is 2.22. The molecule has 154 valence electrons. The normalized spacial score (nSPS) is 15.0. The van der Waals surface area contributed by atoms with E-state index in [0.29, 0.717) is 30.8 Å². The molecule has 5 nitrogen and oxygen atoms in total. The Balaban J connectivity index is 0.000000502. The summed E-state index contributed by atoms with van der Waals surface area (Å²) in [4.78, 5) is 21.9. The summed E-state index contributed by atoms with van der Waals surface area (Å²) in [6.07, 6.45) is 9.63.